The van der Waals surface area contributed by atoms with Gasteiger partial charge in [-0.3, -0.25) is 0 Å². The Morgan fingerprint density at radius 2 is 1.95 bits per heavy atom. The average Bonchev–Trinajstić information content (AvgIpc) is 2.41. The molecule has 2 N–H and O–H groups in total. The molecular weight excluding hydrogens is 298 g/mol. The summed E-state index contributed by atoms with van der Waals surface area (Å²) in [6, 6.07) is 6.22. The highest BCUT2D eigenvalue weighted by atomic mass is 32.2. The van der Waals surface area contributed by atoms with E-state index in [1.807, 2.05) is 4.90 Å². The third kappa shape index (κ3) is 3.35. The van der Waals surface area contributed by atoms with Crippen LogP contribution in [0.25, 0.3) is 0 Å². The molecule has 0 bridgehead atoms. The van der Waals surface area contributed by atoms with Crippen molar-refractivity contribution < 1.29 is 17.2 Å². The Morgan fingerprint density at radius 3 is 2.48 bits per heavy atom. The molecule has 0 aromatic heterocycles. The molecule has 0 atom stereocenters. The van der Waals surface area contributed by atoms with Crippen LogP contribution in [-0.2, 0) is 9.84 Å². The molecule has 0 unspecified atom stereocenters. The zero-order chi connectivity index (χ0) is 15.5. The molecule has 118 valence electrons. The van der Waals surface area contributed by atoms with Crippen molar-refractivity contribution >= 4 is 15.5 Å². The Hall–Kier alpha value is -1.21. The minimum Gasteiger partial charge on any atom is -0.367 e. The Kier molecular flexibility index (Phi) is 5.16. The highest BCUT2D eigenvalue weighted by Gasteiger charge is 2.33. The SMILES string of the molecule is NCCCN(c1ccccc1S(=O)(=O)C(F)F)C1CCC1. The maximum Gasteiger partial charge on any atom is 0.341 e. The quantitative estimate of drug-likeness (QED) is 0.838. The van der Waals surface area contributed by atoms with Crippen molar-refractivity contribution in [3.8, 4) is 0 Å². The standard InChI is InChI=1S/C14H20F2N2O2S/c15-14(16)21(19,20)13-8-2-1-7-12(13)18(10-4-9-17)11-5-3-6-11/h1-2,7-8,11,14H,3-6,9-10,17H2. The number of para-hydroxylation sites is 1. The van der Waals surface area contributed by atoms with Gasteiger partial charge >= 0.3 is 5.76 Å². The van der Waals surface area contributed by atoms with E-state index in [1.165, 1.54) is 12.1 Å². The van der Waals surface area contributed by atoms with Crippen LogP contribution in [0.15, 0.2) is 29.2 Å². The van der Waals surface area contributed by atoms with Crippen LogP contribution in [0.3, 0.4) is 0 Å². The van der Waals surface area contributed by atoms with Crippen molar-refractivity contribution in [3.63, 3.8) is 0 Å². The molecule has 0 heterocycles. The number of halogens is 2. The summed E-state index contributed by atoms with van der Waals surface area (Å²) < 4.78 is 49.4. The number of hydrogen-bond acceptors (Lipinski definition) is 4. The Bertz CT molecular complexity index is 574. The average molecular weight is 318 g/mol. The van der Waals surface area contributed by atoms with E-state index in [0.717, 1.165) is 19.3 Å². The molecular formula is C14H20F2N2O2S. The van der Waals surface area contributed by atoms with Gasteiger partial charge in [0, 0.05) is 12.6 Å². The first kappa shape index (κ1) is 16.2. The minimum atomic E-state index is -4.60. The molecule has 1 aliphatic rings. The van der Waals surface area contributed by atoms with Crippen molar-refractivity contribution in [2.75, 3.05) is 18.0 Å². The molecule has 7 heteroatoms. The lowest BCUT2D eigenvalue weighted by Crippen LogP contribution is -2.42. The van der Waals surface area contributed by atoms with Crippen LogP contribution in [0.2, 0.25) is 0 Å². The van der Waals surface area contributed by atoms with E-state index in [-0.39, 0.29) is 10.9 Å². The summed E-state index contributed by atoms with van der Waals surface area (Å²) >= 11 is 0. The summed E-state index contributed by atoms with van der Waals surface area (Å²) in [6.45, 7) is 1.06. The van der Waals surface area contributed by atoms with Crippen LogP contribution >= 0.6 is 0 Å². The highest BCUT2D eigenvalue weighted by molar-refractivity contribution is 7.91. The lowest BCUT2D eigenvalue weighted by Gasteiger charge is -2.40. The largest absolute Gasteiger partial charge is 0.367 e. The molecule has 0 aliphatic heterocycles. The minimum absolute atomic E-state index is 0.213. The molecule has 0 saturated heterocycles. The molecule has 0 radical (unpaired) electrons. The highest BCUT2D eigenvalue weighted by Crippen LogP contribution is 2.35. The number of benzene rings is 1. The van der Waals surface area contributed by atoms with E-state index in [4.69, 9.17) is 5.73 Å². The van der Waals surface area contributed by atoms with Crippen LogP contribution < -0.4 is 10.6 Å². The van der Waals surface area contributed by atoms with E-state index in [9.17, 15) is 17.2 Å². The van der Waals surface area contributed by atoms with E-state index in [2.05, 4.69) is 0 Å². The molecule has 1 saturated carbocycles. The second-order valence-electron chi connectivity index (χ2n) is 5.19. The number of rotatable bonds is 7. The Labute approximate surface area is 123 Å². The molecule has 1 aromatic rings. The molecule has 4 nitrogen and oxygen atoms in total. The number of hydrogen-bond donors (Lipinski definition) is 1. The normalized spacial score (nSPS) is 16.0. The molecule has 21 heavy (non-hydrogen) atoms. The van der Waals surface area contributed by atoms with Crippen molar-refractivity contribution in [1.82, 2.24) is 0 Å². The smallest absolute Gasteiger partial charge is 0.341 e. The number of nitrogens with zero attached hydrogens (tertiary/aromatic N) is 1. The third-order valence-electron chi connectivity index (χ3n) is 3.83. The molecule has 0 amide bonds. The van der Waals surface area contributed by atoms with Gasteiger partial charge in [-0.15, -0.1) is 0 Å². The summed E-state index contributed by atoms with van der Waals surface area (Å²) in [4.78, 5) is 1.63. The molecule has 1 aliphatic carbocycles. The van der Waals surface area contributed by atoms with E-state index in [1.54, 1.807) is 12.1 Å². The monoisotopic (exact) mass is 318 g/mol. The number of sulfone groups is 1. The Morgan fingerprint density at radius 1 is 1.29 bits per heavy atom. The van der Waals surface area contributed by atoms with Gasteiger partial charge in [-0.2, -0.15) is 8.78 Å². The molecule has 0 spiro atoms. The fourth-order valence-corrected chi connectivity index (χ4v) is 3.43. The van der Waals surface area contributed by atoms with E-state index < -0.39 is 15.6 Å². The first-order valence-corrected chi connectivity index (χ1v) is 8.61. The fraction of sp³-hybridized carbons (Fsp3) is 0.571. The molecule has 1 aromatic carbocycles. The summed E-state index contributed by atoms with van der Waals surface area (Å²) in [5, 5.41) is 0. The van der Waals surface area contributed by atoms with Crippen molar-refractivity contribution in [3.05, 3.63) is 24.3 Å². The first-order valence-electron chi connectivity index (χ1n) is 7.06. The van der Waals surface area contributed by atoms with Gasteiger partial charge in [0.25, 0.3) is 0 Å². The van der Waals surface area contributed by atoms with Crippen molar-refractivity contribution in [2.45, 2.75) is 42.4 Å². The molecule has 2 rings (SSSR count). The van der Waals surface area contributed by atoms with Gasteiger partial charge in [0.1, 0.15) is 0 Å². The van der Waals surface area contributed by atoms with Gasteiger partial charge in [0.2, 0.25) is 9.84 Å². The number of nitrogens with two attached hydrogens (primary N) is 1. The maximum absolute atomic E-state index is 12.9. The lowest BCUT2D eigenvalue weighted by molar-refractivity contribution is 0.234. The fourth-order valence-electron chi connectivity index (χ4n) is 2.49. The van der Waals surface area contributed by atoms with Crippen LogP contribution in [0.5, 0.6) is 0 Å². The van der Waals surface area contributed by atoms with Crippen molar-refractivity contribution in [2.24, 2.45) is 5.73 Å². The summed E-state index contributed by atoms with van der Waals surface area (Å²) in [7, 11) is -4.60. The lowest BCUT2D eigenvalue weighted by atomic mass is 9.91. The number of anilines is 1. The van der Waals surface area contributed by atoms with Gasteiger partial charge in [0.05, 0.1) is 10.6 Å². The predicted octanol–water partition coefficient (Wildman–Crippen LogP) is 2.39. The predicted molar refractivity (Wildman–Crippen MR) is 78.3 cm³/mol. The van der Waals surface area contributed by atoms with Crippen molar-refractivity contribution in [1.29, 1.82) is 0 Å². The van der Waals surface area contributed by atoms with Crippen LogP contribution in [-0.4, -0.2) is 33.3 Å². The zero-order valence-corrected chi connectivity index (χ0v) is 12.5. The summed E-state index contributed by atoms with van der Waals surface area (Å²) in [5.41, 5.74) is 5.89. The number of alkyl halides is 2. The topological polar surface area (TPSA) is 63.4 Å². The Balaban J connectivity index is 2.40. The van der Waals surface area contributed by atoms with E-state index >= 15 is 0 Å². The maximum atomic E-state index is 12.9. The van der Waals surface area contributed by atoms with Gasteiger partial charge in [-0.1, -0.05) is 12.1 Å². The third-order valence-corrected chi connectivity index (χ3v) is 5.26. The zero-order valence-electron chi connectivity index (χ0n) is 11.7. The van der Waals surface area contributed by atoms with Gasteiger partial charge in [-0.25, -0.2) is 8.42 Å². The van der Waals surface area contributed by atoms with Crippen LogP contribution in [0.1, 0.15) is 25.7 Å². The van der Waals surface area contributed by atoms with Crippen LogP contribution in [0.4, 0.5) is 14.5 Å². The summed E-state index contributed by atoms with van der Waals surface area (Å²) in [5.74, 6) is -3.41. The van der Waals surface area contributed by atoms with Gasteiger partial charge in [0.15, 0.2) is 0 Å². The second-order valence-corrected chi connectivity index (χ2v) is 7.08. The molecule has 1 fully saturated rings. The van der Waals surface area contributed by atoms with Crippen LogP contribution in [0, 0.1) is 0 Å². The van der Waals surface area contributed by atoms with Gasteiger partial charge < -0.3 is 10.6 Å². The second kappa shape index (κ2) is 6.70. The van der Waals surface area contributed by atoms with E-state index in [0.29, 0.717) is 25.2 Å². The van der Waals surface area contributed by atoms with Gasteiger partial charge in [-0.05, 0) is 44.4 Å². The summed E-state index contributed by atoms with van der Waals surface area (Å²) in [6.07, 6.45) is 3.67. The first-order chi connectivity index (χ1) is 9.98.